The largest absolute Gasteiger partial charge is 0.398 e. The van der Waals surface area contributed by atoms with Crippen molar-refractivity contribution in [3.63, 3.8) is 0 Å². The number of nitrogen functional groups attached to an aromatic ring is 1. The van der Waals surface area contributed by atoms with E-state index in [2.05, 4.69) is 35.4 Å². The number of fused-ring (bicyclic) bond motifs is 1. The van der Waals surface area contributed by atoms with Crippen molar-refractivity contribution >= 4 is 47.3 Å². The molecule has 5 N–H and O–H groups in total. The lowest BCUT2D eigenvalue weighted by Gasteiger charge is -2.46. The molecule has 4 aromatic rings. The Morgan fingerprint density at radius 3 is 2.27 bits per heavy atom. The van der Waals surface area contributed by atoms with Crippen LogP contribution in [0.25, 0.3) is 5.52 Å². The topological polar surface area (TPSA) is 198 Å². The maximum Gasteiger partial charge on any atom is 0.219 e. The second-order valence-corrected chi connectivity index (χ2v) is 17.3. The van der Waals surface area contributed by atoms with Crippen molar-refractivity contribution in [2.75, 3.05) is 69.3 Å². The number of aromatic nitrogens is 3. The first kappa shape index (κ1) is 46.7. The minimum Gasteiger partial charge on any atom is -0.398 e. The molecule has 1 atom stereocenters. The van der Waals surface area contributed by atoms with E-state index in [1.165, 1.54) is 16.8 Å². The number of pyridine rings is 1. The van der Waals surface area contributed by atoms with Crippen LogP contribution in [-0.2, 0) is 15.2 Å². The third kappa shape index (κ3) is 11.4. The van der Waals surface area contributed by atoms with Crippen molar-refractivity contribution < 1.29 is 23.9 Å². The van der Waals surface area contributed by atoms with Crippen LogP contribution in [0.2, 0.25) is 0 Å². The van der Waals surface area contributed by atoms with Crippen molar-refractivity contribution in [1.82, 2.24) is 29.7 Å². The highest BCUT2D eigenvalue weighted by Crippen LogP contribution is 2.33. The van der Waals surface area contributed by atoms with Crippen LogP contribution in [0.15, 0.2) is 47.6 Å². The van der Waals surface area contributed by atoms with Gasteiger partial charge in [-0.25, -0.2) is 8.91 Å². The molecule has 5 heterocycles. The Morgan fingerprint density at radius 2 is 1.68 bits per heavy atom. The molecule has 3 aromatic heterocycles. The summed E-state index contributed by atoms with van der Waals surface area (Å²) < 4.78 is 16.7. The minimum atomic E-state index is -0.988. The number of hydrogen-bond acceptors (Lipinski definition) is 13. The van der Waals surface area contributed by atoms with E-state index < -0.39 is 17.3 Å². The molecule has 0 spiro atoms. The Balaban J connectivity index is 0.000000431. The summed E-state index contributed by atoms with van der Waals surface area (Å²) in [6, 6.07) is 13.8. The molecular weight excluding hydrogens is 802 g/mol. The number of nitrogens with zero attached hydrogens (tertiary/aromatic N) is 8. The van der Waals surface area contributed by atoms with Gasteiger partial charge in [-0.1, -0.05) is 0 Å². The molecule has 0 bridgehead atoms. The van der Waals surface area contributed by atoms with E-state index in [0.29, 0.717) is 47.1 Å². The van der Waals surface area contributed by atoms with E-state index in [1.807, 2.05) is 38.4 Å². The standard InChI is InChI=1S/C38H57FN8O3.C9H5N3O/c1-25-35(22-32(39)37(44-25)26(24-48)6-11-36(49)42-5)47-14-12-30(13-15-47)46-18-16-45(17-19-46)29-9-7-28(8-10-29)43-23-27-20-34(41-4)31(21-33(27)40)38(2,3)50;10-4-7-3-8-1-2-9(6-13)12(8)11-5-7/h20-24,26,28-30,41,50H,6-19,40H2,1-5H3,(H,42,49);1-3,5-6H/t26-,28?,29?;/m0./s1. The molecule has 15 nitrogen and oxygen atoms in total. The Hall–Kier alpha value is -5.76. The average Bonchev–Trinajstić information content (AvgIpc) is 3.72. The number of aliphatic hydroxyl groups is 1. The number of amides is 1. The SMILES string of the molecule is CNC(=O)CC[C@@H](C=O)c1nc(C)c(N2CCC(N3CCN(C4CCC(N=Cc5cc(NC)c(C(C)(C)O)cc5N)CC4)CC3)CC2)cc1F.N#Cc1cnn2c(C=O)ccc2c1. The number of nitrogens with two attached hydrogens (primary N) is 1. The molecule has 16 heteroatoms. The summed E-state index contributed by atoms with van der Waals surface area (Å²) >= 11 is 0. The van der Waals surface area contributed by atoms with Crippen molar-refractivity contribution in [2.45, 2.75) is 102 Å². The normalized spacial score (nSPS) is 19.6. The summed E-state index contributed by atoms with van der Waals surface area (Å²) in [6.45, 7) is 11.4. The van der Waals surface area contributed by atoms with Crippen LogP contribution in [0.3, 0.4) is 0 Å². The number of carbonyl (C=O) groups is 3. The highest BCUT2D eigenvalue weighted by molar-refractivity contribution is 5.89. The molecule has 1 amide bonds. The van der Waals surface area contributed by atoms with E-state index in [9.17, 15) is 19.5 Å². The number of piperazine rings is 1. The van der Waals surface area contributed by atoms with Crippen LogP contribution in [0.1, 0.15) is 110 Å². The number of nitrogens with one attached hydrogen (secondary N) is 2. The van der Waals surface area contributed by atoms with Gasteiger partial charge in [0, 0.05) is 107 Å². The predicted octanol–water partition coefficient (Wildman–Crippen LogP) is 5.22. The predicted molar refractivity (Wildman–Crippen MR) is 244 cm³/mol. The van der Waals surface area contributed by atoms with Gasteiger partial charge in [-0.05, 0) is 96.0 Å². The van der Waals surface area contributed by atoms with Gasteiger partial charge in [0.2, 0.25) is 5.91 Å². The number of benzene rings is 1. The first-order chi connectivity index (χ1) is 30.3. The van der Waals surface area contributed by atoms with Crippen LogP contribution in [-0.4, -0.2) is 126 Å². The average molecular weight is 864 g/mol. The van der Waals surface area contributed by atoms with E-state index in [0.717, 1.165) is 112 Å². The molecule has 1 saturated carbocycles. The zero-order valence-corrected chi connectivity index (χ0v) is 37.2. The fourth-order valence-electron chi connectivity index (χ4n) is 9.18. The second kappa shape index (κ2) is 21.1. The summed E-state index contributed by atoms with van der Waals surface area (Å²) in [5.74, 6) is -1.40. The van der Waals surface area contributed by atoms with Gasteiger partial charge in [0.25, 0.3) is 0 Å². The molecule has 1 aliphatic carbocycles. The number of carbonyl (C=O) groups excluding carboxylic acids is 3. The zero-order valence-electron chi connectivity index (χ0n) is 37.2. The molecule has 3 aliphatic rings. The van der Waals surface area contributed by atoms with Crippen molar-refractivity contribution in [2.24, 2.45) is 4.99 Å². The quantitative estimate of drug-likeness (QED) is 0.0778. The highest BCUT2D eigenvalue weighted by Gasteiger charge is 2.33. The Bertz CT molecular complexity index is 2290. The summed E-state index contributed by atoms with van der Waals surface area (Å²) in [5, 5.41) is 28.8. The van der Waals surface area contributed by atoms with Gasteiger partial charge < -0.3 is 31.2 Å². The number of nitriles is 1. The number of hydrogen-bond donors (Lipinski definition) is 4. The van der Waals surface area contributed by atoms with Crippen LogP contribution in [0.4, 0.5) is 21.5 Å². The molecule has 336 valence electrons. The van der Waals surface area contributed by atoms with Crippen LogP contribution < -0.4 is 21.3 Å². The summed E-state index contributed by atoms with van der Waals surface area (Å²) in [4.78, 5) is 50.9. The smallest absolute Gasteiger partial charge is 0.219 e. The lowest BCUT2D eigenvalue weighted by atomic mass is 9.90. The fourth-order valence-corrected chi connectivity index (χ4v) is 9.18. The van der Waals surface area contributed by atoms with Crippen molar-refractivity contribution in [3.8, 4) is 6.07 Å². The van der Waals surface area contributed by atoms with Gasteiger partial charge in [0.15, 0.2) is 6.29 Å². The zero-order chi connectivity index (χ0) is 45.3. The van der Waals surface area contributed by atoms with E-state index in [-0.39, 0.29) is 24.4 Å². The highest BCUT2D eigenvalue weighted by atomic mass is 19.1. The first-order valence-electron chi connectivity index (χ1n) is 22.0. The third-order valence-corrected chi connectivity index (χ3v) is 12.9. The number of piperidine rings is 1. The molecule has 63 heavy (non-hydrogen) atoms. The fraction of sp³-hybridized carbons (Fsp3) is 0.511. The first-order valence-corrected chi connectivity index (χ1v) is 22.0. The van der Waals surface area contributed by atoms with Gasteiger partial charge in [-0.15, -0.1) is 0 Å². The third-order valence-electron chi connectivity index (χ3n) is 12.9. The summed E-state index contributed by atoms with van der Waals surface area (Å²) in [5.41, 5.74) is 11.8. The van der Waals surface area contributed by atoms with Gasteiger partial charge in [0.05, 0.1) is 51.9 Å². The van der Waals surface area contributed by atoms with Crippen molar-refractivity contribution in [1.29, 1.82) is 5.26 Å². The number of anilines is 3. The summed E-state index contributed by atoms with van der Waals surface area (Å²) in [7, 11) is 3.40. The van der Waals surface area contributed by atoms with Gasteiger partial charge in [0.1, 0.15) is 23.9 Å². The number of aldehydes is 2. The molecule has 0 radical (unpaired) electrons. The minimum absolute atomic E-state index is 0.127. The molecule has 7 rings (SSSR count). The number of aryl methyl sites for hydroxylation is 1. The maximum absolute atomic E-state index is 15.2. The molecule has 1 aromatic carbocycles. The number of halogens is 1. The van der Waals surface area contributed by atoms with Crippen LogP contribution in [0, 0.1) is 24.1 Å². The van der Waals surface area contributed by atoms with Crippen molar-refractivity contribution in [3.05, 3.63) is 82.2 Å². The Morgan fingerprint density at radius 1 is 1.02 bits per heavy atom. The number of rotatable bonds is 13. The Labute approximate surface area is 369 Å². The van der Waals surface area contributed by atoms with E-state index in [1.54, 1.807) is 39.1 Å². The molecule has 2 saturated heterocycles. The second-order valence-electron chi connectivity index (χ2n) is 17.3. The van der Waals surface area contributed by atoms with Gasteiger partial charge in [-0.3, -0.25) is 29.4 Å². The van der Waals surface area contributed by atoms with E-state index >= 15 is 4.39 Å². The lowest BCUT2D eigenvalue weighted by molar-refractivity contribution is -0.120. The summed E-state index contributed by atoms with van der Waals surface area (Å²) in [6.07, 6.45) is 11.6. The monoisotopic (exact) mass is 863 g/mol. The van der Waals surface area contributed by atoms with E-state index in [4.69, 9.17) is 16.0 Å². The lowest BCUT2D eigenvalue weighted by Crippen LogP contribution is -2.55. The van der Waals surface area contributed by atoms with Crippen LogP contribution in [0.5, 0.6) is 0 Å². The molecule has 2 aliphatic heterocycles. The maximum atomic E-state index is 15.2. The van der Waals surface area contributed by atoms with Gasteiger partial charge >= 0.3 is 0 Å². The molecule has 3 fully saturated rings. The van der Waals surface area contributed by atoms with Gasteiger partial charge in [-0.2, -0.15) is 10.4 Å². The van der Waals surface area contributed by atoms with Crippen LogP contribution >= 0.6 is 0 Å². The molecule has 0 unspecified atom stereocenters. The Kier molecular flexibility index (Phi) is 15.6. The molecular formula is C47H62FN11O4. The number of aliphatic imine (C=N–C) groups is 1.